The Labute approximate surface area is 162 Å². The summed E-state index contributed by atoms with van der Waals surface area (Å²) in [7, 11) is 0. The number of aliphatic hydroxyl groups is 1. The molecule has 1 saturated carbocycles. The van der Waals surface area contributed by atoms with E-state index < -0.39 is 5.60 Å². The second kappa shape index (κ2) is 6.42. The predicted octanol–water partition coefficient (Wildman–Crippen LogP) is 3.47. The molecule has 1 atom stereocenters. The molecule has 1 unspecified atom stereocenters. The molecule has 27 heavy (non-hydrogen) atoms. The highest BCUT2D eigenvalue weighted by Gasteiger charge is 2.47. The van der Waals surface area contributed by atoms with Crippen molar-refractivity contribution in [1.29, 1.82) is 0 Å². The Balaban J connectivity index is 1.65. The van der Waals surface area contributed by atoms with E-state index in [9.17, 15) is 5.11 Å². The second-order valence-corrected chi connectivity index (χ2v) is 8.40. The fourth-order valence-electron chi connectivity index (χ4n) is 3.40. The molecule has 0 aliphatic heterocycles. The van der Waals surface area contributed by atoms with Crippen LogP contribution in [0.1, 0.15) is 45.0 Å². The molecule has 1 fully saturated rings. The van der Waals surface area contributed by atoms with Gasteiger partial charge >= 0.3 is 0 Å². The summed E-state index contributed by atoms with van der Waals surface area (Å²) in [6.07, 6.45) is 7.49. The van der Waals surface area contributed by atoms with E-state index in [4.69, 9.17) is 16.1 Å². The third kappa shape index (κ3) is 3.61. The van der Waals surface area contributed by atoms with Crippen LogP contribution in [-0.4, -0.2) is 35.6 Å². The van der Waals surface area contributed by atoms with Gasteiger partial charge in [-0.05, 0) is 51.2 Å². The fourth-order valence-corrected chi connectivity index (χ4v) is 3.51. The van der Waals surface area contributed by atoms with Crippen LogP contribution in [0.5, 0.6) is 0 Å². The summed E-state index contributed by atoms with van der Waals surface area (Å²) < 4.78 is 7.21. The van der Waals surface area contributed by atoms with Gasteiger partial charge < -0.3 is 9.63 Å². The molecule has 7 nitrogen and oxygen atoms in total. The molecule has 0 saturated heterocycles. The highest BCUT2D eigenvalue weighted by atomic mass is 35.5. The third-order valence-corrected chi connectivity index (χ3v) is 5.26. The van der Waals surface area contributed by atoms with Gasteiger partial charge in [-0.1, -0.05) is 22.8 Å². The summed E-state index contributed by atoms with van der Waals surface area (Å²) in [5, 5.41) is 19.0. The van der Waals surface area contributed by atoms with Crippen molar-refractivity contribution in [2.24, 2.45) is 5.92 Å². The zero-order chi connectivity index (χ0) is 19.2. The number of hydrogen-bond acceptors (Lipinski definition) is 6. The van der Waals surface area contributed by atoms with Crippen molar-refractivity contribution in [3.05, 3.63) is 47.3 Å². The minimum atomic E-state index is -0.852. The van der Waals surface area contributed by atoms with Gasteiger partial charge in [-0.3, -0.25) is 4.68 Å². The van der Waals surface area contributed by atoms with Gasteiger partial charge in [-0.2, -0.15) is 10.1 Å². The van der Waals surface area contributed by atoms with Gasteiger partial charge in [-0.15, -0.1) is 0 Å². The first kappa shape index (κ1) is 18.1. The lowest BCUT2D eigenvalue weighted by molar-refractivity contribution is 0.0577. The summed E-state index contributed by atoms with van der Waals surface area (Å²) in [5.74, 6) is 1.50. The Morgan fingerprint density at radius 1 is 1.26 bits per heavy atom. The van der Waals surface area contributed by atoms with Crippen molar-refractivity contribution in [3.63, 3.8) is 0 Å². The van der Waals surface area contributed by atoms with Crippen molar-refractivity contribution >= 4 is 11.6 Å². The van der Waals surface area contributed by atoms with Crippen LogP contribution >= 0.6 is 11.6 Å². The van der Waals surface area contributed by atoms with Crippen LogP contribution < -0.4 is 0 Å². The Bertz CT molecular complexity index is 940. The Morgan fingerprint density at radius 3 is 2.67 bits per heavy atom. The van der Waals surface area contributed by atoms with Crippen molar-refractivity contribution < 1.29 is 9.63 Å². The molecule has 3 heterocycles. The first-order valence-corrected chi connectivity index (χ1v) is 9.35. The Kier molecular flexibility index (Phi) is 4.31. The minimum Gasteiger partial charge on any atom is -0.389 e. The molecule has 0 radical (unpaired) electrons. The SMILES string of the molecule is CC(C)(O)Cn1cc(-c2nc(C(C)(c3ccc(Cl)nc3)C3CC3)no2)cn1. The summed E-state index contributed by atoms with van der Waals surface area (Å²) in [5.41, 5.74) is 0.530. The average Bonchev–Trinajstić information content (AvgIpc) is 3.16. The molecule has 0 spiro atoms. The van der Waals surface area contributed by atoms with Gasteiger partial charge in [0.05, 0.1) is 29.3 Å². The normalized spacial score (nSPS) is 17.1. The van der Waals surface area contributed by atoms with Gasteiger partial charge in [0.15, 0.2) is 5.82 Å². The number of hydrogen-bond donors (Lipinski definition) is 1. The van der Waals surface area contributed by atoms with E-state index in [1.54, 1.807) is 43.2 Å². The van der Waals surface area contributed by atoms with Gasteiger partial charge in [0.2, 0.25) is 0 Å². The molecule has 8 heteroatoms. The van der Waals surface area contributed by atoms with E-state index in [1.807, 2.05) is 6.07 Å². The maximum atomic E-state index is 9.95. The third-order valence-electron chi connectivity index (χ3n) is 5.04. The number of rotatable bonds is 6. The molecule has 4 rings (SSSR count). The van der Waals surface area contributed by atoms with Crippen molar-refractivity contribution in [2.75, 3.05) is 0 Å². The lowest BCUT2D eigenvalue weighted by Crippen LogP contribution is -2.28. The first-order valence-electron chi connectivity index (χ1n) is 8.97. The maximum Gasteiger partial charge on any atom is 0.261 e. The lowest BCUT2D eigenvalue weighted by Gasteiger charge is -2.26. The van der Waals surface area contributed by atoms with Crippen LogP contribution in [0.15, 0.2) is 35.2 Å². The number of nitrogens with zero attached hydrogens (tertiary/aromatic N) is 5. The standard InChI is InChI=1S/C19H22ClN5O2/c1-18(2,26)11-25-10-12(8-22-25)16-23-17(24-27-16)19(3,13-4-5-13)14-6-7-15(20)21-9-14/h6-10,13,26H,4-5,11H2,1-3H3. The zero-order valence-electron chi connectivity index (χ0n) is 15.6. The van der Waals surface area contributed by atoms with Crippen LogP contribution in [0.25, 0.3) is 11.5 Å². The molecule has 3 aromatic rings. The van der Waals surface area contributed by atoms with Crippen LogP contribution in [0.4, 0.5) is 0 Å². The zero-order valence-corrected chi connectivity index (χ0v) is 16.3. The van der Waals surface area contributed by atoms with Gasteiger partial charge in [0, 0.05) is 12.4 Å². The molecule has 1 N–H and O–H groups in total. The average molecular weight is 388 g/mol. The largest absolute Gasteiger partial charge is 0.389 e. The molecule has 142 valence electrons. The molecule has 0 amide bonds. The van der Waals surface area contributed by atoms with Gasteiger partial charge in [-0.25, -0.2) is 4.98 Å². The van der Waals surface area contributed by atoms with Crippen LogP contribution in [0.3, 0.4) is 0 Å². The lowest BCUT2D eigenvalue weighted by atomic mass is 9.78. The quantitative estimate of drug-likeness (QED) is 0.651. The molecule has 1 aliphatic carbocycles. The molecular formula is C19H22ClN5O2. The van der Waals surface area contributed by atoms with E-state index in [1.165, 1.54) is 0 Å². The summed E-state index contributed by atoms with van der Waals surface area (Å²) >= 11 is 5.95. The number of aromatic nitrogens is 5. The molecule has 0 aromatic carbocycles. The second-order valence-electron chi connectivity index (χ2n) is 8.01. The molecule has 3 aromatic heterocycles. The number of pyridine rings is 1. The number of halogens is 1. The highest BCUT2D eigenvalue weighted by Crippen LogP contribution is 2.50. The Morgan fingerprint density at radius 2 is 2.04 bits per heavy atom. The summed E-state index contributed by atoms with van der Waals surface area (Å²) in [6, 6.07) is 3.77. The highest BCUT2D eigenvalue weighted by molar-refractivity contribution is 6.29. The maximum absolute atomic E-state index is 9.95. The smallest absolute Gasteiger partial charge is 0.261 e. The van der Waals surface area contributed by atoms with E-state index in [-0.39, 0.29) is 5.41 Å². The minimum absolute atomic E-state index is 0.373. The van der Waals surface area contributed by atoms with Gasteiger partial charge in [0.1, 0.15) is 5.15 Å². The summed E-state index contributed by atoms with van der Waals surface area (Å²) in [6.45, 7) is 5.98. The van der Waals surface area contributed by atoms with Crippen molar-refractivity contribution in [1.82, 2.24) is 24.9 Å². The van der Waals surface area contributed by atoms with Gasteiger partial charge in [0.25, 0.3) is 5.89 Å². The van der Waals surface area contributed by atoms with Crippen LogP contribution in [0.2, 0.25) is 5.15 Å². The van der Waals surface area contributed by atoms with E-state index in [0.717, 1.165) is 24.0 Å². The van der Waals surface area contributed by atoms with Crippen LogP contribution in [-0.2, 0) is 12.0 Å². The van der Waals surface area contributed by atoms with Crippen LogP contribution in [0, 0.1) is 5.92 Å². The van der Waals surface area contributed by atoms with E-state index in [2.05, 4.69) is 27.1 Å². The first-order chi connectivity index (χ1) is 12.8. The predicted molar refractivity (Wildman–Crippen MR) is 100 cm³/mol. The summed E-state index contributed by atoms with van der Waals surface area (Å²) in [4.78, 5) is 8.89. The molecule has 0 bridgehead atoms. The van der Waals surface area contributed by atoms with E-state index in [0.29, 0.717) is 29.3 Å². The molecular weight excluding hydrogens is 366 g/mol. The topological polar surface area (TPSA) is 89.9 Å². The van der Waals surface area contributed by atoms with Crippen molar-refractivity contribution in [3.8, 4) is 11.5 Å². The van der Waals surface area contributed by atoms with Crippen molar-refractivity contribution in [2.45, 2.75) is 51.2 Å². The van der Waals surface area contributed by atoms with E-state index >= 15 is 0 Å². The Hall–Kier alpha value is -2.25. The monoisotopic (exact) mass is 387 g/mol. The molecule has 1 aliphatic rings. The fraction of sp³-hybridized carbons (Fsp3) is 0.474.